The number of hydrogen-bond donors (Lipinski definition) is 1. The Morgan fingerprint density at radius 3 is 2.94 bits per heavy atom. The summed E-state index contributed by atoms with van der Waals surface area (Å²) >= 11 is 6.02. The molecule has 1 aromatic carbocycles. The van der Waals surface area contributed by atoms with Crippen molar-refractivity contribution >= 4 is 11.6 Å². The highest BCUT2D eigenvalue weighted by molar-refractivity contribution is 6.31. The average Bonchev–Trinajstić information content (AvgIpc) is 2.37. The molecule has 98 valence electrons. The molecular weight excluding hydrogens is 249 g/mol. The van der Waals surface area contributed by atoms with Crippen LogP contribution in [0, 0.1) is 18.2 Å². The molecule has 1 aromatic rings. The van der Waals surface area contributed by atoms with Crippen LogP contribution in [0.5, 0.6) is 0 Å². The summed E-state index contributed by atoms with van der Waals surface area (Å²) in [6, 6.07) is 5.01. The summed E-state index contributed by atoms with van der Waals surface area (Å²) in [6.07, 6.45) is 8.79. The quantitative estimate of drug-likeness (QED) is 0.573. The van der Waals surface area contributed by atoms with Gasteiger partial charge >= 0.3 is 0 Å². The van der Waals surface area contributed by atoms with Gasteiger partial charge in [-0.05, 0) is 37.4 Å². The molecule has 0 bridgehead atoms. The van der Waals surface area contributed by atoms with Crippen LogP contribution in [-0.2, 0) is 0 Å². The molecule has 1 N–H and O–H groups in total. The third-order valence-electron chi connectivity index (χ3n) is 2.81. The number of terminal acetylenes is 1. The molecule has 0 fully saturated rings. The summed E-state index contributed by atoms with van der Waals surface area (Å²) in [5, 5.41) is 3.61. The molecule has 0 heterocycles. The Morgan fingerprint density at radius 1 is 1.50 bits per heavy atom. The van der Waals surface area contributed by atoms with Crippen molar-refractivity contribution in [2.24, 2.45) is 0 Å². The maximum absolute atomic E-state index is 13.5. The molecule has 0 radical (unpaired) electrons. The number of hydrogen-bond acceptors (Lipinski definition) is 1. The molecule has 18 heavy (non-hydrogen) atoms. The third kappa shape index (κ3) is 4.33. The Labute approximate surface area is 114 Å². The van der Waals surface area contributed by atoms with E-state index in [4.69, 9.17) is 18.0 Å². The van der Waals surface area contributed by atoms with E-state index in [0.29, 0.717) is 0 Å². The van der Waals surface area contributed by atoms with E-state index in [1.807, 2.05) is 6.07 Å². The second-order valence-corrected chi connectivity index (χ2v) is 4.62. The van der Waals surface area contributed by atoms with Gasteiger partial charge < -0.3 is 5.32 Å². The second kappa shape index (κ2) is 8.13. The summed E-state index contributed by atoms with van der Waals surface area (Å²) in [7, 11) is 0. The van der Waals surface area contributed by atoms with Gasteiger partial charge in [-0.2, -0.15) is 0 Å². The Morgan fingerprint density at radius 2 is 2.28 bits per heavy atom. The van der Waals surface area contributed by atoms with Gasteiger partial charge in [0.05, 0.1) is 5.02 Å². The molecule has 0 aromatic heterocycles. The summed E-state index contributed by atoms with van der Waals surface area (Å²) in [6.45, 7) is 2.98. The standard InChI is InChI=1S/C15H19ClFN/c1-3-5-6-10-14(18-11-4-2)12-8-7-9-13(17)15(12)16/h1,7-9,14,18H,4-6,10-11H2,2H3. The van der Waals surface area contributed by atoms with Gasteiger partial charge in [0.25, 0.3) is 0 Å². The predicted octanol–water partition coefficient (Wildman–Crippen LogP) is 4.32. The largest absolute Gasteiger partial charge is 0.310 e. The van der Waals surface area contributed by atoms with Gasteiger partial charge in [0.15, 0.2) is 0 Å². The number of rotatable bonds is 7. The minimum Gasteiger partial charge on any atom is -0.310 e. The highest BCUT2D eigenvalue weighted by Gasteiger charge is 2.15. The first-order chi connectivity index (χ1) is 8.70. The molecule has 0 aliphatic rings. The second-order valence-electron chi connectivity index (χ2n) is 4.25. The van der Waals surface area contributed by atoms with Crippen LogP contribution in [0.15, 0.2) is 18.2 Å². The van der Waals surface area contributed by atoms with Gasteiger partial charge in [0, 0.05) is 12.5 Å². The fourth-order valence-corrected chi connectivity index (χ4v) is 2.14. The molecule has 1 rings (SSSR count). The summed E-state index contributed by atoms with van der Waals surface area (Å²) in [5.74, 6) is 2.26. The molecule has 1 nitrogen and oxygen atoms in total. The van der Waals surface area contributed by atoms with Crippen LogP contribution >= 0.6 is 11.6 Å². The van der Waals surface area contributed by atoms with E-state index in [0.717, 1.165) is 37.8 Å². The van der Waals surface area contributed by atoms with Crippen LogP contribution < -0.4 is 5.32 Å². The van der Waals surface area contributed by atoms with Gasteiger partial charge in [-0.15, -0.1) is 12.3 Å². The molecule has 0 saturated carbocycles. The zero-order valence-corrected chi connectivity index (χ0v) is 11.4. The van der Waals surface area contributed by atoms with Crippen molar-refractivity contribution in [3.8, 4) is 12.3 Å². The first-order valence-corrected chi connectivity index (χ1v) is 6.69. The highest BCUT2D eigenvalue weighted by Crippen LogP contribution is 2.28. The summed E-state index contributed by atoms with van der Waals surface area (Å²) in [5.41, 5.74) is 0.821. The van der Waals surface area contributed by atoms with Gasteiger partial charge in [-0.3, -0.25) is 0 Å². The number of halogens is 2. The molecule has 0 saturated heterocycles. The van der Waals surface area contributed by atoms with Crippen molar-refractivity contribution in [2.45, 2.75) is 38.6 Å². The van der Waals surface area contributed by atoms with E-state index in [2.05, 4.69) is 18.2 Å². The Balaban J connectivity index is 2.80. The van der Waals surface area contributed by atoms with Crippen LogP contribution in [0.25, 0.3) is 0 Å². The first-order valence-electron chi connectivity index (χ1n) is 6.31. The monoisotopic (exact) mass is 267 g/mol. The first kappa shape index (κ1) is 15.0. The van der Waals surface area contributed by atoms with Crippen LogP contribution in [0.3, 0.4) is 0 Å². The lowest BCUT2D eigenvalue weighted by molar-refractivity contribution is 0.484. The van der Waals surface area contributed by atoms with Gasteiger partial charge in [0.1, 0.15) is 5.82 Å². The van der Waals surface area contributed by atoms with Crippen LogP contribution in [0.2, 0.25) is 5.02 Å². The molecular formula is C15H19ClFN. The smallest absolute Gasteiger partial charge is 0.142 e. The fraction of sp³-hybridized carbons (Fsp3) is 0.467. The van der Waals surface area contributed by atoms with Crippen molar-refractivity contribution in [1.29, 1.82) is 0 Å². The van der Waals surface area contributed by atoms with E-state index in [-0.39, 0.29) is 16.9 Å². The van der Waals surface area contributed by atoms with Crippen LogP contribution in [0.1, 0.15) is 44.2 Å². The van der Waals surface area contributed by atoms with E-state index >= 15 is 0 Å². The molecule has 3 heteroatoms. The Kier molecular flexibility index (Phi) is 6.78. The van der Waals surface area contributed by atoms with E-state index < -0.39 is 0 Å². The number of nitrogens with one attached hydrogen (secondary N) is 1. The van der Waals surface area contributed by atoms with Gasteiger partial charge in [0.2, 0.25) is 0 Å². The molecule has 0 aliphatic carbocycles. The van der Waals surface area contributed by atoms with E-state index in [1.54, 1.807) is 6.07 Å². The third-order valence-corrected chi connectivity index (χ3v) is 3.21. The zero-order chi connectivity index (χ0) is 13.4. The SMILES string of the molecule is C#CCCCC(NCCC)c1cccc(F)c1Cl. The van der Waals surface area contributed by atoms with Crippen molar-refractivity contribution in [3.05, 3.63) is 34.6 Å². The Bertz CT molecular complexity index is 411. The lowest BCUT2D eigenvalue weighted by atomic mass is 10.0. The Hall–Kier alpha value is -1.04. The number of benzene rings is 1. The van der Waals surface area contributed by atoms with Crippen LogP contribution in [-0.4, -0.2) is 6.54 Å². The molecule has 1 unspecified atom stereocenters. The fourth-order valence-electron chi connectivity index (χ4n) is 1.88. The molecule has 0 amide bonds. The van der Waals surface area contributed by atoms with Crippen molar-refractivity contribution < 1.29 is 4.39 Å². The maximum atomic E-state index is 13.5. The zero-order valence-electron chi connectivity index (χ0n) is 10.7. The number of unbranched alkanes of at least 4 members (excludes halogenated alkanes) is 1. The van der Waals surface area contributed by atoms with Gasteiger partial charge in [-0.25, -0.2) is 4.39 Å². The highest BCUT2D eigenvalue weighted by atomic mass is 35.5. The predicted molar refractivity (Wildman–Crippen MR) is 75.1 cm³/mol. The lowest BCUT2D eigenvalue weighted by Gasteiger charge is -2.20. The van der Waals surface area contributed by atoms with Crippen molar-refractivity contribution in [3.63, 3.8) is 0 Å². The summed E-state index contributed by atoms with van der Waals surface area (Å²) in [4.78, 5) is 0. The lowest BCUT2D eigenvalue weighted by Crippen LogP contribution is -2.22. The van der Waals surface area contributed by atoms with Crippen LogP contribution in [0.4, 0.5) is 4.39 Å². The minimum atomic E-state index is -0.366. The van der Waals surface area contributed by atoms with E-state index in [9.17, 15) is 4.39 Å². The summed E-state index contributed by atoms with van der Waals surface area (Å²) < 4.78 is 13.5. The van der Waals surface area contributed by atoms with Crippen molar-refractivity contribution in [1.82, 2.24) is 5.32 Å². The minimum absolute atomic E-state index is 0.0708. The van der Waals surface area contributed by atoms with E-state index in [1.165, 1.54) is 6.07 Å². The molecule has 0 spiro atoms. The van der Waals surface area contributed by atoms with Gasteiger partial charge in [-0.1, -0.05) is 30.7 Å². The molecule has 1 atom stereocenters. The van der Waals surface area contributed by atoms with Crippen molar-refractivity contribution in [2.75, 3.05) is 6.54 Å². The normalized spacial score (nSPS) is 12.1. The topological polar surface area (TPSA) is 12.0 Å². The maximum Gasteiger partial charge on any atom is 0.142 e. The average molecular weight is 268 g/mol. The molecule has 0 aliphatic heterocycles.